The predicted molar refractivity (Wildman–Crippen MR) is 70.1 cm³/mol. The van der Waals surface area contributed by atoms with Crippen LogP contribution in [0.5, 0.6) is 0 Å². The molecule has 0 saturated carbocycles. The highest BCUT2D eigenvalue weighted by molar-refractivity contribution is 5.84. The van der Waals surface area contributed by atoms with Gasteiger partial charge in [-0.2, -0.15) is 0 Å². The van der Waals surface area contributed by atoms with E-state index in [9.17, 15) is 4.79 Å². The first-order chi connectivity index (χ1) is 8.22. The van der Waals surface area contributed by atoms with Crippen LogP contribution in [-0.2, 0) is 16.0 Å². The monoisotopic (exact) mass is 234 g/mol. The third kappa shape index (κ3) is 3.97. The lowest BCUT2D eigenvalue weighted by Gasteiger charge is -2.16. The summed E-state index contributed by atoms with van der Waals surface area (Å²) in [6, 6.07) is 8.15. The van der Waals surface area contributed by atoms with Crippen LogP contribution in [0.15, 0.2) is 24.3 Å². The average molecular weight is 234 g/mol. The summed E-state index contributed by atoms with van der Waals surface area (Å²) < 4.78 is 5.65. The summed E-state index contributed by atoms with van der Waals surface area (Å²) in [6.07, 6.45) is 2.08. The number of benzene rings is 1. The second-order valence-electron chi connectivity index (χ2n) is 4.17. The number of hydrogen-bond acceptors (Lipinski definition) is 2. The topological polar surface area (TPSA) is 26.3 Å². The van der Waals surface area contributed by atoms with Crippen LogP contribution in [0.1, 0.15) is 50.8 Å². The number of carbonyl (C=O) groups is 1. The fraction of sp³-hybridized carbons (Fsp3) is 0.533. The Morgan fingerprint density at radius 2 is 1.82 bits per heavy atom. The molecule has 0 N–H and O–H groups in total. The fourth-order valence-corrected chi connectivity index (χ4v) is 1.72. The molecule has 17 heavy (non-hydrogen) atoms. The zero-order valence-electron chi connectivity index (χ0n) is 11.0. The van der Waals surface area contributed by atoms with Crippen LogP contribution in [0.3, 0.4) is 0 Å². The van der Waals surface area contributed by atoms with E-state index in [1.165, 1.54) is 5.56 Å². The summed E-state index contributed by atoms with van der Waals surface area (Å²) in [6.45, 7) is 6.68. The molecule has 0 fully saturated rings. The molecule has 0 amide bonds. The van der Waals surface area contributed by atoms with E-state index in [2.05, 4.69) is 19.1 Å². The molecular weight excluding hydrogens is 212 g/mol. The van der Waals surface area contributed by atoms with E-state index in [0.29, 0.717) is 13.0 Å². The first-order valence-corrected chi connectivity index (χ1v) is 6.46. The first kappa shape index (κ1) is 13.9. The summed E-state index contributed by atoms with van der Waals surface area (Å²) >= 11 is 0. The first-order valence-electron chi connectivity index (χ1n) is 6.46. The Morgan fingerprint density at radius 1 is 1.18 bits per heavy atom. The van der Waals surface area contributed by atoms with Gasteiger partial charge in [-0.3, -0.25) is 4.79 Å². The molecule has 0 aliphatic rings. The minimum atomic E-state index is -0.383. The quantitative estimate of drug-likeness (QED) is 0.719. The molecule has 0 radical (unpaired) electrons. The van der Waals surface area contributed by atoms with E-state index < -0.39 is 0 Å². The summed E-state index contributed by atoms with van der Waals surface area (Å²) in [5, 5.41) is 0. The number of ketones is 1. The summed E-state index contributed by atoms with van der Waals surface area (Å²) in [5.41, 5.74) is 2.26. The number of ether oxygens (including phenoxy) is 1. The van der Waals surface area contributed by atoms with Crippen molar-refractivity contribution in [1.29, 1.82) is 0 Å². The van der Waals surface area contributed by atoms with Crippen LogP contribution in [0, 0.1) is 0 Å². The van der Waals surface area contributed by atoms with Crippen LogP contribution < -0.4 is 0 Å². The maximum absolute atomic E-state index is 11.8. The van der Waals surface area contributed by atoms with Crippen molar-refractivity contribution in [3.63, 3.8) is 0 Å². The van der Waals surface area contributed by atoms with E-state index in [1.54, 1.807) is 0 Å². The molecule has 0 aromatic heterocycles. The van der Waals surface area contributed by atoms with E-state index >= 15 is 0 Å². The lowest BCUT2D eigenvalue weighted by atomic mass is 10.0. The van der Waals surface area contributed by atoms with Gasteiger partial charge in [0.05, 0.1) is 0 Å². The Bertz CT molecular complexity index is 340. The molecule has 0 aliphatic carbocycles. The van der Waals surface area contributed by atoms with Gasteiger partial charge in [0.25, 0.3) is 0 Å². The minimum Gasteiger partial charge on any atom is -0.366 e. The molecule has 0 bridgehead atoms. The highest BCUT2D eigenvalue weighted by atomic mass is 16.5. The minimum absolute atomic E-state index is 0.155. The number of carbonyl (C=O) groups excluding carboxylic acids is 1. The van der Waals surface area contributed by atoms with Gasteiger partial charge in [0.15, 0.2) is 5.78 Å². The third-order valence-electron chi connectivity index (χ3n) is 2.82. The van der Waals surface area contributed by atoms with Crippen molar-refractivity contribution in [1.82, 2.24) is 0 Å². The second-order valence-corrected chi connectivity index (χ2v) is 4.17. The van der Waals surface area contributed by atoms with E-state index in [0.717, 1.165) is 18.4 Å². The van der Waals surface area contributed by atoms with Gasteiger partial charge < -0.3 is 4.74 Å². The standard InChI is InChI=1S/C15H22O2/c1-4-11-17-15(14(16)6-3)13-9-7-12(5-2)8-10-13/h7-10,15H,4-6,11H2,1-3H3. The Morgan fingerprint density at radius 3 is 2.29 bits per heavy atom. The molecule has 1 atom stereocenters. The second kappa shape index (κ2) is 7.23. The third-order valence-corrected chi connectivity index (χ3v) is 2.82. The molecule has 0 spiro atoms. The van der Waals surface area contributed by atoms with Gasteiger partial charge in [0.2, 0.25) is 0 Å². The van der Waals surface area contributed by atoms with Crippen molar-refractivity contribution in [2.75, 3.05) is 6.61 Å². The van der Waals surface area contributed by atoms with Gasteiger partial charge in [0.1, 0.15) is 6.10 Å². The Labute approximate surface area is 104 Å². The highest BCUT2D eigenvalue weighted by Crippen LogP contribution is 2.21. The zero-order valence-corrected chi connectivity index (χ0v) is 11.0. The predicted octanol–water partition coefficient (Wildman–Crippen LogP) is 3.70. The van der Waals surface area contributed by atoms with Gasteiger partial charge in [-0.15, -0.1) is 0 Å². The van der Waals surface area contributed by atoms with Crippen LogP contribution in [0.2, 0.25) is 0 Å². The van der Waals surface area contributed by atoms with Gasteiger partial charge in [-0.25, -0.2) is 0 Å². The van der Waals surface area contributed by atoms with Crippen molar-refractivity contribution in [2.24, 2.45) is 0 Å². The van der Waals surface area contributed by atoms with Gasteiger partial charge in [-0.05, 0) is 24.0 Å². The Kier molecular flexibility index (Phi) is 5.92. The number of rotatable bonds is 7. The maximum Gasteiger partial charge on any atom is 0.165 e. The fourth-order valence-electron chi connectivity index (χ4n) is 1.72. The van der Waals surface area contributed by atoms with Crippen molar-refractivity contribution < 1.29 is 9.53 Å². The highest BCUT2D eigenvalue weighted by Gasteiger charge is 2.18. The molecule has 1 aromatic rings. The molecule has 94 valence electrons. The summed E-state index contributed by atoms with van der Waals surface area (Å²) in [5.74, 6) is 0.155. The Balaban J connectivity index is 2.83. The van der Waals surface area contributed by atoms with Gasteiger partial charge >= 0.3 is 0 Å². The SMILES string of the molecule is CCCOC(C(=O)CC)c1ccc(CC)cc1. The summed E-state index contributed by atoms with van der Waals surface area (Å²) in [4.78, 5) is 11.8. The molecule has 0 aliphatic heterocycles. The van der Waals surface area contributed by atoms with Gasteiger partial charge in [-0.1, -0.05) is 45.0 Å². The number of Topliss-reactive ketones (excluding diaryl/α,β-unsaturated/α-hetero) is 1. The largest absolute Gasteiger partial charge is 0.366 e. The number of hydrogen-bond donors (Lipinski definition) is 0. The van der Waals surface area contributed by atoms with Crippen molar-refractivity contribution >= 4 is 5.78 Å². The smallest absolute Gasteiger partial charge is 0.165 e. The van der Waals surface area contributed by atoms with Crippen LogP contribution in [-0.4, -0.2) is 12.4 Å². The van der Waals surface area contributed by atoms with Gasteiger partial charge in [0, 0.05) is 13.0 Å². The van der Waals surface area contributed by atoms with Crippen LogP contribution in [0.4, 0.5) is 0 Å². The average Bonchev–Trinajstić information content (AvgIpc) is 2.39. The normalized spacial score (nSPS) is 12.4. The molecular formula is C15H22O2. The van der Waals surface area contributed by atoms with Crippen molar-refractivity contribution in [3.05, 3.63) is 35.4 Å². The van der Waals surface area contributed by atoms with Crippen molar-refractivity contribution in [3.8, 4) is 0 Å². The summed E-state index contributed by atoms with van der Waals surface area (Å²) in [7, 11) is 0. The van der Waals surface area contributed by atoms with E-state index in [1.807, 2.05) is 26.0 Å². The molecule has 2 heteroatoms. The van der Waals surface area contributed by atoms with Crippen LogP contribution >= 0.6 is 0 Å². The van der Waals surface area contributed by atoms with E-state index in [4.69, 9.17) is 4.74 Å². The molecule has 0 heterocycles. The molecule has 0 saturated heterocycles. The lowest BCUT2D eigenvalue weighted by Crippen LogP contribution is -2.15. The maximum atomic E-state index is 11.8. The molecule has 1 aromatic carbocycles. The molecule has 1 unspecified atom stereocenters. The van der Waals surface area contributed by atoms with Crippen LogP contribution in [0.25, 0.3) is 0 Å². The lowest BCUT2D eigenvalue weighted by molar-refractivity contribution is -0.130. The number of aryl methyl sites for hydroxylation is 1. The Hall–Kier alpha value is -1.15. The zero-order chi connectivity index (χ0) is 12.7. The molecule has 1 rings (SSSR count). The van der Waals surface area contributed by atoms with Crippen molar-refractivity contribution in [2.45, 2.75) is 46.1 Å². The molecule has 2 nitrogen and oxygen atoms in total. The van der Waals surface area contributed by atoms with E-state index in [-0.39, 0.29) is 11.9 Å².